The fourth-order valence-electron chi connectivity index (χ4n) is 7.84. The molecule has 0 bridgehead atoms. The molecule has 0 aromatic rings. The predicted molar refractivity (Wildman–Crippen MR) is 318 cm³/mol. The molecule has 8 nitrogen and oxygen atoms in total. The number of quaternary nitrogens is 1. The van der Waals surface area contributed by atoms with Gasteiger partial charge in [0.25, 0.3) is 0 Å². The van der Waals surface area contributed by atoms with Gasteiger partial charge in [0.1, 0.15) is 13.2 Å². The van der Waals surface area contributed by atoms with E-state index in [0.717, 1.165) is 89.9 Å². The molecule has 0 aromatic heterocycles. The normalized spacial score (nSPS) is 14.8. The van der Waals surface area contributed by atoms with Crippen LogP contribution >= 0.6 is 7.82 Å². The van der Waals surface area contributed by atoms with E-state index in [1.54, 1.807) is 6.08 Å². The zero-order valence-electron chi connectivity index (χ0n) is 47.6. The van der Waals surface area contributed by atoms with Crippen LogP contribution in [0.15, 0.2) is 122 Å². The van der Waals surface area contributed by atoms with Gasteiger partial charge in [0.05, 0.1) is 39.9 Å². The fraction of sp³-hybridized carbons (Fsp3) is 0.672. The summed E-state index contributed by atoms with van der Waals surface area (Å²) in [4.78, 5) is 23.2. The van der Waals surface area contributed by atoms with Crippen LogP contribution in [-0.4, -0.2) is 73.4 Å². The average molecular weight is 1040 g/mol. The SMILES string of the molecule is CC/C=C\C/C=C\C/C=C\C/C=C\C/C=C\C/C=C\C/C=C\C/C=C\CCCCCCCCCCCCCCCCC(=O)NC(COP(=O)(O)OCC[N+](C)(C)C)C(O)/C=C/CC/C=C/CCCCCCCC. The molecule has 0 heterocycles. The Hall–Kier alpha value is -3.10. The lowest BCUT2D eigenvalue weighted by atomic mass is 10.0. The Kier molecular flexibility index (Phi) is 51.4. The number of unbranched alkanes of at least 4 members (excludes halogenated alkanes) is 21. The highest BCUT2D eigenvalue weighted by Gasteiger charge is 2.27. The van der Waals surface area contributed by atoms with Crippen molar-refractivity contribution in [2.24, 2.45) is 0 Å². The Labute approximate surface area is 450 Å². The van der Waals surface area contributed by atoms with Crippen LogP contribution in [0.5, 0.6) is 0 Å². The lowest BCUT2D eigenvalue weighted by Crippen LogP contribution is -2.45. The zero-order chi connectivity index (χ0) is 53.5. The number of aliphatic hydroxyl groups is 1. The molecule has 0 fully saturated rings. The number of aliphatic hydroxyl groups excluding tert-OH is 1. The lowest BCUT2D eigenvalue weighted by Gasteiger charge is -2.25. The third-order valence-electron chi connectivity index (χ3n) is 12.4. The quantitative estimate of drug-likeness (QED) is 0.0243. The Morgan fingerprint density at radius 2 is 0.836 bits per heavy atom. The topological polar surface area (TPSA) is 105 Å². The molecule has 0 aromatic carbocycles. The van der Waals surface area contributed by atoms with Gasteiger partial charge in [-0.15, -0.1) is 0 Å². The third kappa shape index (κ3) is 56.5. The van der Waals surface area contributed by atoms with Gasteiger partial charge in [-0.1, -0.05) is 245 Å². The number of allylic oxidation sites excluding steroid dienone is 19. The van der Waals surface area contributed by atoms with Crippen molar-refractivity contribution in [3.05, 3.63) is 122 Å². The molecule has 1 amide bonds. The standard InChI is InChI=1S/C64H111N2O6P/c1-6-8-10-12-14-16-18-20-21-22-23-24-25-26-27-28-29-30-31-32-33-34-35-36-37-38-39-40-41-42-43-44-45-46-48-50-52-54-56-58-64(68)65-62(61-72-73(69,70)71-60-59-66(3,4)5)63(67)57-55-53-51-49-47-19-17-15-13-11-9-7-2/h8,10,14,16,20-21,23-24,26-27,29-30,32-33,35-36,47,49,55,57,62-63,67H,6-7,9,11-13,15,17-19,22,25,28,31,34,37-46,48,50-54,56,58-61H2,1-5H3,(H-,65,68,69,70)/p+1/b10-8-,16-14-,21-20-,24-23-,27-26-,30-29-,33-32-,36-35-,49-47+,57-55+. The van der Waals surface area contributed by atoms with E-state index < -0.39 is 20.0 Å². The van der Waals surface area contributed by atoms with E-state index in [2.05, 4.69) is 129 Å². The summed E-state index contributed by atoms with van der Waals surface area (Å²) in [5.41, 5.74) is 0. The molecule has 3 atom stereocenters. The molecule has 0 saturated carbocycles. The van der Waals surface area contributed by atoms with E-state index in [1.165, 1.54) is 116 Å². The number of carbonyl (C=O) groups is 1. The first-order valence-corrected chi connectivity index (χ1v) is 30.9. The molecule has 3 unspecified atom stereocenters. The summed E-state index contributed by atoms with van der Waals surface area (Å²) in [6, 6.07) is -0.869. The number of hydrogen-bond donors (Lipinski definition) is 3. The molecule has 0 radical (unpaired) electrons. The van der Waals surface area contributed by atoms with Crippen molar-refractivity contribution in [3.63, 3.8) is 0 Å². The van der Waals surface area contributed by atoms with Crippen LogP contribution in [0.25, 0.3) is 0 Å². The second-order valence-corrected chi connectivity index (χ2v) is 22.1. The first kappa shape index (κ1) is 69.9. The Morgan fingerprint density at radius 1 is 0.479 bits per heavy atom. The van der Waals surface area contributed by atoms with E-state index >= 15 is 0 Å². The van der Waals surface area contributed by atoms with Gasteiger partial charge in [0.15, 0.2) is 0 Å². The fourth-order valence-corrected chi connectivity index (χ4v) is 8.57. The number of likely N-dealkylation sites (N-methyl/N-ethyl adjacent to an activating group) is 1. The number of hydrogen-bond acceptors (Lipinski definition) is 5. The highest BCUT2D eigenvalue weighted by atomic mass is 31.2. The summed E-state index contributed by atoms with van der Waals surface area (Å²) >= 11 is 0. The van der Waals surface area contributed by atoms with Gasteiger partial charge in [-0.25, -0.2) is 4.57 Å². The van der Waals surface area contributed by atoms with Crippen LogP contribution in [-0.2, 0) is 18.4 Å². The van der Waals surface area contributed by atoms with E-state index in [1.807, 2.05) is 27.2 Å². The number of phosphoric acid groups is 1. The highest BCUT2D eigenvalue weighted by Crippen LogP contribution is 2.43. The second-order valence-electron chi connectivity index (χ2n) is 20.6. The molecule has 0 saturated heterocycles. The first-order chi connectivity index (χ1) is 35.5. The van der Waals surface area contributed by atoms with Gasteiger partial charge < -0.3 is 19.8 Å². The van der Waals surface area contributed by atoms with Crippen LogP contribution in [0, 0.1) is 0 Å². The number of amides is 1. The third-order valence-corrected chi connectivity index (χ3v) is 13.4. The van der Waals surface area contributed by atoms with Crippen molar-refractivity contribution in [3.8, 4) is 0 Å². The summed E-state index contributed by atoms with van der Waals surface area (Å²) in [6.45, 7) is 4.65. The molecule has 9 heteroatoms. The van der Waals surface area contributed by atoms with E-state index in [9.17, 15) is 19.4 Å². The largest absolute Gasteiger partial charge is 0.472 e. The number of nitrogens with zero attached hydrogens (tertiary/aromatic N) is 1. The molecule has 0 aliphatic carbocycles. The summed E-state index contributed by atoms with van der Waals surface area (Å²) in [6.07, 6.45) is 80.3. The van der Waals surface area contributed by atoms with Crippen molar-refractivity contribution in [2.45, 2.75) is 238 Å². The van der Waals surface area contributed by atoms with Crippen LogP contribution in [0.1, 0.15) is 226 Å². The van der Waals surface area contributed by atoms with Gasteiger partial charge >= 0.3 is 7.82 Å². The molecular weight excluding hydrogens is 924 g/mol. The second kappa shape index (κ2) is 53.7. The van der Waals surface area contributed by atoms with Crippen LogP contribution < -0.4 is 5.32 Å². The van der Waals surface area contributed by atoms with Crippen molar-refractivity contribution < 1.29 is 32.9 Å². The molecule has 0 spiro atoms. The van der Waals surface area contributed by atoms with Gasteiger partial charge in [-0.3, -0.25) is 13.8 Å². The first-order valence-electron chi connectivity index (χ1n) is 29.4. The average Bonchev–Trinajstić information content (AvgIpc) is 3.35. The molecule has 0 aliphatic heterocycles. The predicted octanol–water partition coefficient (Wildman–Crippen LogP) is 18.1. The lowest BCUT2D eigenvalue weighted by molar-refractivity contribution is -0.870. The molecule has 418 valence electrons. The van der Waals surface area contributed by atoms with Crippen molar-refractivity contribution in [1.29, 1.82) is 0 Å². The molecular formula is C64H112N2O6P+. The van der Waals surface area contributed by atoms with Gasteiger partial charge in [-0.2, -0.15) is 0 Å². The Balaban J connectivity index is 4.03. The maximum absolute atomic E-state index is 12.9. The van der Waals surface area contributed by atoms with Gasteiger partial charge in [0.2, 0.25) is 5.91 Å². The zero-order valence-corrected chi connectivity index (χ0v) is 48.5. The number of nitrogens with one attached hydrogen (secondary N) is 1. The summed E-state index contributed by atoms with van der Waals surface area (Å²) in [7, 11) is 1.54. The van der Waals surface area contributed by atoms with Crippen LogP contribution in [0.3, 0.4) is 0 Å². The minimum absolute atomic E-state index is 0.0515. The number of rotatable bonds is 52. The minimum Gasteiger partial charge on any atom is -0.387 e. The molecule has 3 N–H and O–H groups in total. The Morgan fingerprint density at radius 3 is 1.26 bits per heavy atom. The maximum atomic E-state index is 12.9. The molecule has 0 aliphatic rings. The van der Waals surface area contributed by atoms with Gasteiger partial charge in [-0.05, 0) is 96.3 Å². The van der Waals surface area contributed by atoms with Crippen LogP contribution in [0.4, 0.5) is 0 Å². The van der Waals surface area contributed by atoms with Crippen molar-refractivity contribution in [1.82, 2.24) is 5.32 Å². The van der Waals surface area contributed by atoms with Crippen LogP contribution in [0.2, 0.25) is 0 Å². The van der Waals surface area contributed by atoms with Gasteiger partial charge in [0, 0.05) is 6.42 Å². The smallest absolute Gasteiger partial charge is 0.387 e. The summed E-state index contributed by atoms with van der Waals surface area (Å²) < 4.78 is 23.6. The monoisotopic (exact) mass is 1040 g/mol. The maximum Gasteiger partial charge on any atom is 0.472 e. The summed E-state index contributed by atoms with van der Waals surface area (Å²) in [5.74, 6) is -0.193. The van der Waals surface area contributed by atoms with E-state index in [4.69, 9.17) is 9.05 Å². The summed E-state index contributed by atoms with van der Waals surface area (Å²) in [5, 5.41) is 13.8. The number of phosphoric ester groups is 1. The minimum atomic E-state index is -4.36. The Bertz CT molecular complexity index is 1600. The number of carbonyl (C=O) groups excluding carboxylic acids is 1. The van der Waals surface area contributed by atoms with Crippen molar-refractivity contribution >= 4 is 13.7 Å². The van der Waals surface area contributed by atoms with Crippen molar-refractivity contribution in [2.75, 3.05) is 40.9 Å². The molecule has 73 heavy (non-hydrogen) atoms. The van der Waals surface area contributed by atoms with E-state index in [0.29, 0.717) is 17.4 Å². The molecule has 0 rings (SSSR count). The van der Waals surface area contributed by atoms with E-state index in [-0.39, 0.29) is 19.1 Å². The highest BCUT2D eigenvalue weighted by molar-refractivity contribution is 7.47.